The van der Waals surface area contributed by atoms with Crippen LogP contribution in [0.4, 0.5) is 13.2 Å². The van der Waals surface area contributed by atoms with Crippen LogP contribution < -0.4 is 0 Å². The Labute approximate surface area is 91.5 Å². The second kappa shape index (κ2) is 3.31. The monoisotopic (exact) mass is 250 g/mol. The van der Waals surface area contributed by atoms with Crippen molar-refractivity contribution in [1.82, 2.24) is 0 Å². The molecule has 1 aromatic heterocycles. The highest BCUT2D eigenvalue weighted by Gasteiger charge is 2.42. The minimum Gasteiger partial charge on any atom is -0.477 e. The standard InChI is InChI=1S/C9H5F3O3S/c10-9(11,12)7-3-1-2-4(13)5(3)6(16-7)8(14)15/h1-2H2,(H,14,15). The molecule has 0 saturated carbocycles. The topological polar surface area (TPSA) is 54.4 Å². The van der Waals surface area contributed by atoms with E-state index in [1.807, 2.05) is 0 Å². The highest BCUT2D eigenvalue weighted by Crippen LogP contribution is 2.44. The van der Waals surface area contributed by atoms with Crippen LogP contribution in [0, 0.1) is 0 Å². The molecule has 2 rings (SSSR count). The summed E-state index contributed by atoms with van der Waals surface area (Å²) in [4.78, 5) is 20.6. The Kier molecular flexibility index (Phi) is 2.30. The van der Waals surface area contributed by atoms with Crippen molar-refractivity contribution in [3.05, 3.63) is 20.9 Å². The molecule has 1 aliphatic rings. The van der Waals surface area contributed by atoms with Gasteiger partial charge < -0.3 is 5.11 Å². The van der Waals surface area contributed by atoms with Gasteiger partial charge in [-0.2, -0.15) is 13.2 Å². The summed E-state index contributed by atoms with van der Waals surface area (Å²) in [5, 5.41) is 8.74. The molecule has 1 aliphatic carbocycles. The number of halogens is 3. The lowest BCUT2D eigenvalue weighted by atomic mass is 10.1. The number of carboxylic acid groups (broad SMARTS) is 1. The number of thiophene rings is 1. The Morgan fingerprint density at radius 1 is 1.31 bits per heavy atom. The van der Waals surface area contributed by atoms with Crippen LogP contribution in [-0.2, 0) is 12.6 Å². The van der Waals surface area contributed by atoms with Crippen LogP contribution in [0.5, 0.6) is 0 Å². The lowest BCUT2D eigenvalue weighted by Crippen LogP contribution is -2.04. The van der Waals surface area contributed by atoms with E-state index in [4.69, 9.17) is 5.11 Å². The van der Waals surface area contributed by atoms with Crippen LogP contribution in [0.25, 0.3) is 0 Å². The fourth-order valence-electron chi connectivity index (χ4n) is 1.74. The van der Waals surface area contributed by atoms with Gasteiger partial charge in [0.2, 0.25) is 0 Å². The number of aromatic carboxylic acids is 1. The van der Waals surface area contributed by atoms with Crippen molar-refractivity contribution in [3.8, 4) is 0 Å². The second-order valence-electron chi connectivity index (χ2n) is 3.34. The zero-order valence-electron chi connectivity index (χ0n) is 7.72. The van der Waals surface area contributed by atoms with Crippen molar-refractivity contribution in [1.29, 1.82) is 0 Å². The molecule has 0 amide bonds. The van der Waals surface area contributed by atoms with Gasteiger partial charge in [0.15, 0.2) is 5.78 Å². The molecule has 0 radical (unpaired) electrons. The summed E-state index contributed by atoms with van der Waals surface area (Å²) in [6.07, 6.45) is -4.65. The van der Waals surface area contributed by atoms with E-state index in [1.165, 1.54) is 0 Å². The van der Waals surface area contributed by atoms with Crippen LogP contribution in [0.15, 0.2) is 0 Å². The fraction of sp³-hybridized carbons (Fsp3) is 0.333. The smallest absolute Gasteiger partial charge is 0.425 e. The van der Waals surface area contributed by atoms with Crippen molar-refractivity contribution >= 4 is 23.1 Å². The van der Waals surface area contributed by atoms with Crippen molar-refractivity contribution in [2.45, 2.75) is 19.0 Å². The van der Waals surface area contributed by atoms with E-state index in [0.717, 1.165) is 0 Å². The van der Waals surface area contributed by atoms with Gasteiger partial charge in [-0.1, -0.05) is 0 Å². The average molecular weight is 250 g/mol. The highest BCUT2D eigenvalue weighted by molar-refractivity contribution is 7.14. The van der Waals surface area contributed by atoms with Crippen LogP contribution >= 0.6 is 11.3 Å². The van der Waals surface area contributed by atoms with Crippen molar-refractivity contribution in [2.24, 2.45) is 0 Å². The number of hydrogen-bond donors (Lipinski definition) is 1. The number of rotatable bonds is 1. The first kappa shape index (κ1) is 11.1. The zero-order valence-corrected chi connectivity index (χ0v) is 8.54. The molecule has 0 atom stereocenters. The van der Waals surface area contributed by atoms with Gasteiger partial charge in [-0.05, 0) is 12.0 Å². The Balaban J connectivity index is 2.68. The third-order valence-electron chi connectivity index (χ3n) is 2.34. The predicted molar refractivity (Wildman–Crippen MR) is 48.9 cm³/mol. The first-order valence-corrected chi connectivity index (χ1v) is 5.13. The lowest BCUT2D eigenvalue weighted by Gasteiger charge is -2.04. The van der Waals surface area contributed by atoms with Crippen molar-refractivity contribution in [2.75, 3.05) is 0 Å². The Morgan fingerprint density at radius 2 is 1.94 bits per heavy atom. The van der Waals surface area contributed by atoms with E-state index in [1.54, 1.807) is 0 Å². The molecule has 1 N–H and O–H groups in total. The third kappa shape index (κ3) is 1.51. The molecular weight excluding hydrogens is 245 g/mol. The number of Topliss-reactive ketones (excluding diaryl/α,β-unsaturated/α-hetero) is 1. The summed E-state index contributed by atoms with van der Waals surface area (Å²) in [6.45, 7) is 0. The van der Waals surface area contributed by atoms with Crippen LogP contribution in [0.2, 0.25) is 0 Å². The fourth-order valence-corrected chi connectivity index (χ4v) is 2.82. The molecule has 86 valence electrons. The van der Waals surface area contributed by atoms with Gasteiger partial charge in [-0.15, -0.1) is 11.3 Å². The number of ketones is 1. The maximum Gasteiger partial charge on any atom is 0.425 e. The number of carbonyl (C=O) groups excluding carboxylic acids is 1. The number of fused-ring (bicyclic) bond motifs is 1. The minimum absolute atomic E-state index is 0.0210. The van der Waals surface area contributed by atoms with E-state index in [-0.39, 0.29) is 35.3 Å². The Bertz CT molecular complexity index is 487. The molecule has 1 aromatic rings. The van der Waals surface area contributed by atoms with Gasteiger partial charge in [0.1, 0.15) is 9.75 Å². The number of carboxylic acids is 1. The second-order valence-corrected chi connectivity index (χ2v) is 4.36. The number of hydrogen-bond acceptors (Lipinski definition) is 3. The van der Waals surface area contributed by atoms with Crippen molar-refractivity contribution < 1.29 is 27.9 Å². The average Bonchev–Trinajstić information content (AvgIpc) is 2.65. The molecule has 0 spiro atoms. The maximum atomic E-state index is 12.6. The summed E-state index contributed by atoms with van der Waals surface area (Å²) in [7, 11) is 0. The number of carbonyl (C=O) groups is 2. The van der Waals surface area contributed by atoms with Crippen molar-refractivity contribution in [3.63, 3.8) is 0 Å². The van der Waals surface area contributed by atoms with Gasteiger partial charge >= 0.3 is 12.1 Å². The van der Waals surface area contributed by atoms with Crippen LogP contribution in [0.3, 0.4) is 0 Å². The maximum absolute atomic E-state index is 12.6. The van der Waals surface area contributed by atoms with E-state index < -0.39 is 27.7 Å². The molecule has 0 aromatic carbocycles. The first-order chi connectivity index (χ1) is 7.32. The van der Waals surface area contributed by atoms with Crippen LogP contribution in [0.1, 0.15) is 36.9 Å². The molecule has 0 saturated heterocycles. The zero-order chi connectivity index (χ0) is 12.1. The Hall–Kier alpha value is -1.37. The van der Waals surface area contributed by atoms with E-state index in [0.29, 0.717) is 0 Å². The predicted octanol–water partition coefficient (Wildman–Crippen LogP) is 2.59. The van der Waals surface area contributed by atoms with Gasteiger partial charge in [0.25, 0.3) is 0 Å². The molecule has 3 nitrogen and oxygen atoms in total. The van der Waals surface area contributed by atoms with Gasteiger partial charge in [0, 0.05) is 12.0 Å². The summed E-state index contributed by atoms with van der Waals surface area (Å²) >= 11 is 0.135. The van der Waals surface area contributed by atoms with Gasteiger partial charge in [-0.25, -0.2) is 4.79 Å². The lowest BCUT2D eigenvalue weighted by molar-refractivity contribution is -0.134. The summed E-state index contributed by atoms with van der Waals surface area (Å²) in [5.74, 6) is -1.99. The molecule has 0 aliphatic heterocycles. The summed E-state index contributed by atoms with van der Waals surface area (Å²) in [6, 6.07) is 0. The summed E-state index contributed by atoms with van der Waals surface area (Å²) in [5.41, 5.74) is -0.398. The quantitative estimate of drug-likeness (QED) is 0.833. The normalized spacial score (nSPS) is 15.3. The van der Waals surface area contributed by atoms with E-state index >= 15 is 0 Å². The third-order valence-corrected chi connectivity index (χ3v) is 3.60. The number of alkyl halides is 3. The molecule has 16 heavy (non-hydrogen) atoms. The molecular formula is C9H5F3O3S. The highest BCUT2D eigenvalue weighted by atomic mass is 32.1. The van der Waals surface area contributed by atoms with Crippen LogP contribution in [-0.4, -0.2) is 16.9 Å². The summed E-state index contributed by atoms with van der Waals surface area (Å²) < 4.78 is 37.7. The molecule has 0 fully saturated rings. The van der Waals surface area contributed by atoms with E-state index in [9.17, 15) is 22.8 Å². The molecule has 0 unspecified atom stereocenters. The molecule has 7 heteroatoms. The molecule has 1 heterocycles. The minimum atomic E-state index is -4.59. The van der Waals surface area contributed by atoms with E-state index in [2.05, 4.69) is 0 Å². The van der Waals surface area contributed by atoms with Gasteiger partial charge in [-0.3, -0.25) is 4.79 Å². The SMILES string of the molecule is O=C(O)c1sc(C(F)(F)F)c2c1C(=O)CC2. The largest absolute Gasteiger partial charge is 0.477 e. The molecule has 0 bridgehead atoms. The first-order valence-electron chi connectivity index (χ1n) is 4.31. The Morgan fingerprint density at radius 3 is 2.44 bits per heavy atom. The van der Waals surface area contributed by atoms with Gasteiger partial charge in [0.05, 0.1) is 0 Å².